The maximum Gasteiger partial charge on any atom is 0.0541 e. The third kappa shape index (κ3) is 3.67. The Morgan fingerprint density at radius 3 is 1.30 bits per heavy atom. The van der Waals surface area contributed by atoms with Gasteiger partial charge in [-0.15, -0.1) is 0 Å². The first-order valence-corrected chi connectivity index (χ1v) is 16.4. The molecule has 2 aromatic heterocycles. The van der Waals surface area contributed by atoms with E-state index in [4.69, 9.17) is 0 Å². The zero-order valence-electron chi connectivity index (χ0n) is 26.4. The van der Waals surface area contributed by atoms with Crippen LogP contribution in [-0.4, -0.2) is 9.13 Å². The molecule has 47 heavy (non-hydrogen) atoms. The van der Waals surface area contributed by atoms with Crippen molar-refractivity contribution in [2.75, 3.05) is 0 Å². The molecule has 2 nitrogen and oxygen atoms in total. The second kappa shape index (κ2) is 9.57. The molecule has 0 saturated carbocycles. The average Bonchev–Trinajstić information content (AvgIpc) is 3.72. The van der Waals surface area contributed by atoms with E-state index < -0.39 is 0 Å². The number of benzene rings is 7. The topological polar surface area (TPSA) is 9.86 Å². The number of fused-ring (bicyclic) bond motifs is 9. The maximum atomic E-state index is 2.44. The molecule has 0 atom stereocenters. The molecule has 1 aliphatic carbocycles. The molecule has 0 spiro atoms. The fourth-order valence-corrected chi connectivity index (χ4v) is 8.31. The van der Waals surface area contributed by atoms with Crippen LogP contribution in [0.2, 0.25) is 0 Å². The number of aromatic nitrogens is 2. The molecule has 0 aliphatic heterocycles. The Balaban J connectivity index is 1.29. The van der Waals surface area contributed by atoms with Crippen molar-refractivity contribution in [3.05, 3.63) is 169 Å². The van der Waals surface area contributed by atoms with Crippen molar-refractivity contribution in [2.45, 2.75) is 19.3 Å². The van der Waals surface area contributed by atoms with Crippen molar-refractivity contribution < 1.29 is 0 Å². The van der Waals surface area contributed by atoms with Gasteiger partial charge in [-0.2, -0.15) is 0 Å². The van der Waals surface area contributed by atoms with Crippen molar-refractivity contribution in [3.8, 4) is 33.6 Å². The van der Waals surface area contributed by atoms with Crippen molar-refractivity contribution in [2.24, 2.45) is 0 Å². The molecular weight excluding hydrogens is 569 g/mol. The summed E-state index contributed by atoms with van der Waals surface area (Å²) in [5.74, 6) is 0. The lowest BCUT2D eigenvalue weighted by molar-refractivity contribution is 0.660. The summed E-state index contributed by atoms with van der Waals surface area (Å²) >= 11 is 0. The van der Waals surface area contributed by atoms with E-state index >= 15 is 0 Å². The van der Waals surface area contributed by atoms with Crippen molar-refractivity contribution >= 4 is 43.6 Å². The molecule has 1 aliphatic rings. The second-order valence-corrected chi connectivity index (χ2v) is 13.4. The summed E-state index contributed by atoms with van der Waals surface area (Å²) in [5, 5.41) is 5.07. The van der Waals surface area contributed by atoms with Crippen LogP contribution in [0.15, 0.2) is 158 Å². The Hall–Kier alpha value is -5.86. The summed E-state index contributed by atoms with van der Waals surface area (Å²) in [7, 11) is 0. The van der Waals surface area contributed by atoms with Gasteiger partial charge < -0.3 is 9.13 Å². The molecule has 0 saturated heterocycles. The van der Waals surface area contributed by atoms with Crippen LogP contribution in [0.5, 0.6) is 0 Å². The minimum atomic E-state index is -0.0674. The van der Waals surface area contributed by atoms with E-state index in [1.54, 1.807) is 0 Å². The molecule has 10 rings (SSSR count). The Bertz CT molecular complexity index is 2480. The molecule has 2 heteroatoms. The second-order valence-electron chi connectivity index (χ2n) is 13.4. The minimum Gasteiger partial charge on any atom is -0.309 e. The van der Waals surface area contributed by atoms with E-state index in [0.717, 1.165) is 11.4 Å². The molecule has 2 heterocycles. The lowest BCUT2D eigenvalue weighted by atomic mass is 9.81. The zero-order valence-corrected chi connectivity index (χ0v) is 26.4. The highest BCUT2D eigenvalue weighted by Crippen LogP contribution is 2.50. The molecule has 7 aromatic carbocycles. The molecule has 0 amide bonds. The Morgan fingerprint density at radius 2 is 0.787 bits per heavy atom. The van der Waals surface area contributed by atoms with Crippen LogP contribution in [0.3, 0.4) is 0 Å². The van der Waals surface area contributed by atoms with E-state index in [9.17, 15) is 0 Å². The van der Waals surface area contributed by atoms with Gasteiger partial charge in [0.1, 0.15) is 0 Å². The first kappa shape index (κ1) is 26.4. The van der Waals surface area contributed by atoms with Gasteiger partial charge in [-0.3, -0.25) is 0 Å². The van der Waals surface area contributed by atoms with Crippen LogP contribution < -0.4 is 0 Å². The van der Waals surface area contributed by atoms with Crippen LogP contribution in [-0.2, 0) is 5.41 Å². The molecule has 9 aromatic rings. The lowest BCUT2D eigenvalue weighted by Gasteiger charge is -2.22. The smallest absolute Gasteiger partial charge is 0.0541 e. The first-order valence-electron chi connectivity index (χ1n) is 16.4. The number of nitrogens with zero attached hydrogens (tertiary/aromatic N) is 2. The van der Waals surface area contributed by atoms with Gasteiger partial charge in [0.25, 0.3) is 0 Å². The molecule has 0 fully saturated rings. The highest BCUT2D eigenvalue weighted by atomic mass is 15.0. The summed E-state index contributed by atoms with van der Waals surface area (Å²) in [4.78, 5) is 0. The van der Waals surface area contributed by atoms with Crippen LogP contribution in [0.1, 0.15) is 25.0 Å². The normalized spacial score (nSPS) is 13.5. The number of hydrogen-bond acceptors (Lipinski definition) is 0. The highest BCUT2D eigenvalue weighted by Gasteiger charge is 2.35. The largest absolute Gasteiger partial charge is 0.309 e. The fraction of sp³-hybridized carbons (Fsp3) is 0.0667. The van der Waals surface area contributed by atoms with Crippen LogP contribution >= 0.6 is 0 Å². The Kier molecular flexibility index (Phi) is 5.37. The number of hydrogen-bond donors (Lipinski definition) is 0. The number of para-hydroxylation sites is 4. The third-order valence-corrected chi connectivity index (χ3v) is 10.5. The van der Waals surface area contributed by atoms with Crippen LogP contribution in [0, 0.1) is 0 Å². The third-order valence-electron chi connectivity index (χ3n) is 10.5. The van der Waals surface area contributed by atoms with Crippen molar-refractivity contribution in [1.29, 1.82) is 0 Å². The average molecular weight is 601 g/mol. The molecular formula is C45H32N2. The predicted molar refractivity (Wildman–Crippen MR) is 198 cm³/mol. The standard InChI is InChI=1S/C45H32N2/c1-45(2)39-18-8-3-13-33(39)34-24-23-29(27-40(34)45)30-25-31(46-41-19-9-4-14-35(41)36-15-5-10-20-42(36)46)28-32(26-30)47-43-21-11-6-16-37(43)38-17-7-12-22-44(38)47/h3-28H,1-2H3. The zero-order chi connectivity index (χ0) is 31.3. The first-order chi connectivity index (χ1) is 23.1. The van der Waals surface area contributed by atoms with Crippen LogP contribution in [0.4, 0.5) is 0 Å². The van der Waals surface area contributed by atoms with Gasteiger partial charge in [0.15, 0.2) is 0 Å². The van der Waals surface area contributed by atoms with E-state index in [-0.39, 0.29) is 5.41 Å². The van der Waals surface area contributed by atoms with Gasteiger partial charge in [0.2, 0.25) is 0 Å². The lowest BCUT2D eigenvalue weighted by Crippen LogP contribution is -2.14. The van der Waals surface area contributed by atoms with Gasteiger partial charge in [-0.25, -0.2) is 0 Å². The SMILES string of the molecule is CC1(C)c2ccccc2-c2ccc(-c3cc(-n4c5ccccc5c5ccccc54)cc(-n4c5ccccc5c5ccccc54)c3)cc21. The fourth-order valence-electron chi connectivity index (χ4n) is 8.31. The quantitative estimate of drug-likeness (QED) is 0.191. The summed E-state index contributed by atoms with van der Waals surface area (Å²) in [5.41, 5.74) is 15.0. The summed E-state index contributed by atoms with van der Waals surface area (Å²) in [6, 6.07) is 58.2. The van der Waals surface area contributed by atoms with Crippen molar-refractivity contribution in [1.82, 2.24) is 9.13 Å². The molecule has 222 valence electrons. The summed E-state index contributed by atoms with van der Waals surface area (Å²) < 4.78 is 4.89. The molecule has 0 N–H and O–H groups in total. The van der Waals surface area contributed by atoms with Crippen LogP contribution in [0.25, 0.3) is 77.2 Å². The monoisotopic (exact) mass is 600 g/mol. The highest BCUT2D eigenvalue weighted by molar-refractivity contribution is 6.10. The van der Waals surface area contributed by atoms with Gasteiger partial charge in [0.05, 0.1) is 22.1 Å². The van der Waals surface area contributed by atoms with E-state index in [0.29, 0.717) is 0 Å². The Labute approximate surface area is 273 Å². The van der Waals surface area contributed by atoms with E-state index in [2.05, 4.69) is 181 Å². The maximum absolute atomic E-state index is 2.44. The van der Waals surface area contributed by atoms with E-state index in [1.807, 2.05) is 0 Å². The van der Waals surface area contributed by atoms with Gasteiger partial charge in [-0.05, 0) is 81.9 Å². The predicted octanol–water partition coefficient (Wildman–Crippen LogP) is 11.9. The van der Waals surface area contributed by atoms with Gasteiger partial charge >= 0.3 is 0 Å². The molecule has 0 bridgehead atoms. The summed E-state index contributed by atoms with van der Waals surface area (Å²) in [6.45, 7) is 4.72. The molecule has 0 radical (unpaired) electrons. The Morgan fingerprint density at radius 1 is 0.362 bits per heavy atom. The van der Waals surface area contributed by atoms with Gasteiger partial charge in [-0.1, -0.05) is 123 Å². The summed E-state index contributed by atoms with van der Waals surface area (Å²) in [6.07, 6.45) is 0. The minimum absolute atomic E-state index is 0.0674. The van der Waals surface area contributed by atoms with E-state index in [1.165, 1.54) is 77.0 Å². The van der Waals surface area contributed by atoms with Crippen molar-refractivity contribution in [3.63, 3.8) is 0 Å². The van der Waals surface area contributed by atoms with Gasteiger partial charge in [0, 0.05) is 38.3 Å². The molecule has 0 unspecified atom stereocenters. The number of rotatable bonds is 3.